The van der Waals surface area contributed by atoms with E-state index >= 15 is 0 Å². The van der Waals surface area contributed by atoms with Gasteiger partial charge in [0.1, 0.15) is 5.65 Å². The average molecular weight is 282 g/mol. The summed E-state index contributed by atoms with van der Waals surface area (Å²) in [5, 5.41) is 0. The predicted octanol–water partition coefficient (Wildman–Crippen LogP) is 2.55. The molecule has 0 aliphatic carbocycles. The van der Waals surface area contributed by atoms with Crippen molar-refractivity contribution in [3.8, 4) is 0 Å². The van der Waals surface area contributed by atoms with Crippen LogP contribution < -0.4 is 0 Å². The summed E-state index contributed by atoms with van der Waals surface area (Å²) in [7, 11) is 2.11. The highest BCUT2D eigenvalue weighted by Crippen LogP contribution is 2.08. The third-order valence-electron chi connectivity index (χ3n) is 2.41. The van der Waals surface area contributed by atoms with E-state index < -0.39 is 0 Å². The number of hydrogen-bond donors (Lipinski definition) is 0. The molecule has 0 saturated heterocycles. The Balaban J connectivity index is 2.09. The van der Waals surface area contributed by atoms with Crippen LogP contribution in [0.3, 0.4) is 0 Å². The summed E-state index contributed by atoms with van der Waals surface area (Å²) >= 11 is 3.56. The van der Waals surface area contributed by atoms with E-state index in [0.717, 1.165) is 24.4 Å². The molecule has 0 aliphatic heterocycles. The molecule has 0 saturated carbocycles. The fourth-order valence-corrected chi connectivity index (χ4v) is 2.33. The number of halogens is 1. The van der Waals surface area contributed by atoms with Crippen molar-refractivity contribution in [2.24, 2.45) is 0 Å². The van der Waals surface area contributed by atoms with Crippen LogP contribution in [0.2, 0.25) is 0 Å². The van der Waals surface area contributed by atoms with Crippen molar-refractivity contribution in [1.82, 2.24) is 14.3 Å². The first-order valence-corrected chi connectivity index (χ1v) is 6.32. The number of aromatic nitrogens is 2. The van der Waals surface area contributed by atoms with Gasteiger partial charge in [0.15, 0.2) is 0 Å². The van der Waals surface area contributed by atoms with Gasteiger partial charge in [-0.2, -0.15) is 0 Å². The van der Waals surface area contributed by atoms with Gasteiger partial charge in [0.05, 0.1) is 5.69 Å². The molecule has 0 amide bonds. The van der Waals surface area contributed by atoms with Crippen molar-refractivity contribution >= 4 is 21.6 Å². The standard InChI is InChI=1S/C12H16BrN3/c1-10(13)7-15(2)8-11-9-16-6-4-3-5-12(16)14-11/h3-6,9-10H,7-8H2,1-2H3. The first kappa shape index (κ1) is 11.6. The summed E-state index contributed by atoms with van der Waals surface area (Å²) in [5.74, 6) is 0. The highest BCUT2D eigenvalue weighted by molar-refractivity contribution is 9.09. The van der Waals surface area contributed by atoms with Gasteiger partial charge in [-0.1, -0.05) is 28.9 Å². The fourth-order valence-electron chi connectivity index (χ4n) is 1.83. The zero-order chi connectivity index (χ0) is 11.5. The van der Waals surface area contributed by atoms with Crippen LogP contribution in [-0.4, -0.2) is 32.7 Å². The quantitative estimate of drug-likeness (QED) is 0.803. The van der Waals surface area contributed by atoms with Crippen LogP contribution in [0.1, 0.15) is 12.6 Å². The number of pyridine rings is 1. The van der Waals surface area contributed by atoms with Gasteiger partial charge in [-0.3, -0.25) is 4.90 Å². The van der Waals surface area contributed by atoms with E-state index in [1.165, 1.54) is 0 Å². The van der Waals surface area contributed by atoms with E-state index in [1.807, 2.05) is 24.4 Å². The van der Waals surface area contributed by atoms with Crippen LogP contribution in [-0.2, 0) is 6.54 Å². The summed E-state index contributed by atoms with van der Waals surface area (Å²) in [4.78, 5) is 7.34. The Labute approximate surface area is 104 Å². The Bertz CT molecular complexity index is 431. The molecule has 1 unspecified atom stereocenters. The second-order valence-corrected chi connectivity index (χ2v) is 5.74. The molecule has 16 heavy (non-hydrogen) atoms. The highest BCUT2D eigenvalue weighted by Gasteiger charge is 2.06. The van der Waals surface area contributed by atoms with Crippen LogP contribution in [0, 0.1) is 0 Å². The molecular formula is C12H16BrN3. The molecule has 0 bridgehead atoms. The average Bonchev–Trinajstić information content (AvgIpc) is 2.57. The number of hydrogen-bond acceptors (Lipinski definition) is 2. The van der Waals surface area contributed by atoms with E-state index in [1.54, 1.807) is 0 Å². The summed E-state index contributed by atoms with van der Waals surface area (Å²) in [5.41, 5.74) is 2.12. The van der Waals surface area contributed by atoms with Gasteiger partial charge in [-0.25, -0.2) is 4.98 Å². The van der Waals surface area contributed by atoms with Crippen molar-refractivity contribution in [2.45, 2.75) is 18.3 Å². The first-order chi connectivity index (χ1) is 7.65. The number of nitrogens with zero attached hydrogens (tertiary/aromatic N) is 3. The summed E-state index contributed by atoms with van der Waals surface area (Å²) in [6, 6.07) is 6.05. The van der Waals surface area contributed by atoms with Crippen molar-refractivity contribution in [3.63, 3.8) is 0 Å². The Morgan fingerprint density at radius 3 is 3.00 bits per heavy atom. The molecule has 0 spiro atoms. The van der Waals surface area contributed by atoms with Gasteiger partial charge >= 0.3 is 0 Å². The zero-order valence-corrected chi connectivity index (χ0v) is 11.2. The largest absolute Gasteiger partial charge is 0.307 e. The molecule has 3 nitrogen and oxygen atoms in total. The summed E-state index contributed by atoms with van der Waals surface area (Å²) in [6.07, 6.45) is 4.11. The number of alkyl halides is 1. The molecule has 0 aromatic carbocycles. The second-order valence-electron chi connectivity index (χ2n) is 4.18. The van der Waals surface area contributed by atoms with Crippen LogP contribution in [0.25, 0.3) is 5.65 Å². The van der Waals surface area contributed by atoms with Crippen molar-refractivity contribution < 1.29 is 0 Å². The Morgan fingerprint density at radius 2 is 2.31 bits per heavy atom. The van der Waals surface area contributed by atoms with Gasteiger partial charge < -0.3 is 4.40 Å². The van der Waals surface area contributed by atoms with Crippen molar-refractivity contribution in [2.75, 3.05) is 13.6 Å². The van der Waals surface area contributed by atoms with E-state index in [9.17, 15) is 0 Å². The smallest absolute Gasteiger partial charge is 0.137 e. The molecule has 4 heteroatoms. The predicted molar refractivity (Wildman–Crippen MR) is 69.9 cm³/mol. The number of fused-ring (bicyclic) bond motifs is 1. The molecule has 2 rings (SSSR count). The highest BCUT2D eigenvalue weighted by atomic mass is 79.9. The summed E-state index contributed by atoms with van der Waals surface area (Å²) in [6.45, 7) is 4.06. The van der Waals surface area contributed by atoms with Crippen LogP contribution in [0.15, 0.2) is 30.6 Å². The number of imidazole rings is 1. The maximum Gasteiger partial charge on any atom is 0.137 e. The maximum atomic E-state index is 4.57. The number of rotatable bonds is 4. The van der Waals surface area contributed by atoms with E-state index in [2.05, 4.69) is 50.4 Å². The SMILES string of the molecule is CC(Br)CN(C)Cc1cn2ccccc2n1. The van der Waals surface area contributed by atoms with Gasteiger partial charge in [0, 0.05) is 30.3 Å². The lowest BCUT2D eigenvalue weighted by Crippen LogP contribution is -2.24. The minimum absolute atomic E-state index is 0.509. The molecule has 2 aromatic rings. The lowest BCUT2D eigenvalue weighted by molar-refractivity contribution is 0.329. The lowest BCUT2D eigenvalue weighted by atomic mass is 10.4. The molecule has 0 aliphatic rings. The van der Waals surface area contributed by atoms with Gasteiger partial charge in [0.2, 0.25) is 0 Å². The van der Waals surface area contributed by atoms with Gasteiger partial charge in [-0.15, -0.1) is 0 Å². The van der Waals surface area contributed by atoms with Gasteiger partial charge in [0.25, 0.3) is 0 Å². The third kappa shape index (κ3) is 2.83. The Kier molecular flexibility index (Phi) is 3.61. The molecule has 0 N–H and O–H groups in total. The topological polar surface area (TPSA) is 20.5 Å². The zero-order valence-electron chi connectivity index (χ0n) is 9.60. The molecule has 0 radical (unpaired) electrons. The van der Waals surface area contributed by atoms with Crippen LogP contribution >= 0.6 is 15.9 Å². The maximum absolute atomic E-state index is 4.57. The monoisotopic (exact) mass is 281 g/mol. The van der Waals surface area contributed by atoms with E-state index in [4.69, 9.17) is 0 Å². The molecule has 86 valence electrons. The molecule has 2 heterocycles. The van der Waals surface area contributed by atoms with Gasteiger partial charge in [-0.05, 0) is 19.2 Å². The van der Waals surface area contributed by atoms with Crippen molar-refractivity contribution in [3.05, 3.63) is 36.3 Å². The Hall–Kier alpha value is -0.870. The van der Waals surface area contributed by atoms with Crippen LogP contribution in [0.5, 0.6) is 0 Å². The third-order valence-corrected chi connectivity index (χ3v) is 2.70. The fraction of sp³-hybridized carbons (Fsp3) is 0.417. The van der Waals surface area contributed by atoms with Crippen molar-refractivity contribution in [1.29, 1.82) is 0 Å². The van der Waals surface area contributed by atoms with E-state index in [-0.39, 0.29) is 0 Å². The normalized spacial score (nSPS) is 13.5. The first-order valence-electron chi connectivity index (χ1n) is 5.40. The minimum Gasteiger partial charge on any atom is -0.307 e. The van der Waals surface area contributed by atoms with Crippen LogP contribution in [0.4, 0.5) is 0 Å². The Morgan fingerprint density at radius 1 is 1.50 bits per heavy atom. The molecule has 2 aromatic heterocycles. The minimum atomic E-state index is 0.509. The molecular weight excluding hydrogens is 266 g/mol. The summed E-state index contributed by atoms with van der Waals surface area (Å²) < 4.78 is 2.06. The lowest BCUT2D eigenvalue weighted by Gasteiger charge is -2.16. The second kappa shape index (κ2) is 4.97. The molecule has 0 fully saturated rings. The van der Waals surface area contributed by atoms with E-state index in [0.29, 0.717) is 4.83 Å². The molecule has 1 atom stereocenters.